The highest BCUT2D eigenvalue weighted by Gasteiger charge is 2.47. The van der Waals surface area contributed by atoms with Crippen molar-refractivity contribution in [2.45, 2.75) is 5.72 Å². The van der Waals surface area contributed by atoms with Gasteiger partial charge in [0.05, 0.1) is 5.56 Å². The Hall–Kier alpha value is -3.21. The highest BCUT2D eigenvalue weighted by Crippen LogP contribution is 2.41. The number of hydrogen-bond acceptors (Lipinski definition) is 5. The van der Waals surface area contributed by atoms with Crippen LogP contribution in [0.4, 0.5) is 5.95 Å². The predicted octanol–water partition coefficient (Wildman–Crippen LogP) is 2.96. The maximum absolute atomic E-state index is 12.3. The zero-order chi connectivity index (χ0) is 15.7. The van der Waals surface area contributed by atoms with Crippen LogP contribution < -0.4 is 5.32 Å². The molecule has 0 fully saturated rings. The van der Waals surface area contributed by atoms with Crippen LogP contribution >= 0.6 is 0 Å². The number of carbonyl (C=O) groups is 1. The van der Waals surface area contributed by atoms with E-state index in [1.807, 2.05) is 48.5 Å². The van der Waals surface area contributed by atoms with Crippen molar-refractivity contribution in [1.82, 2.24) is 9.97 Å². The molecule has 0 amide bonds. The maximum atomic E-state index is 12.3. The van der Waals surface area contributed by atoms with Crippen molar-refractivity contribution in [3.63, 3.8) is 0 Å². The number of anilines is 1. The molecule has 5 nitrogen and oxygen atoms in total. The second-order valence-electron chi connectivity index (χ2n) is 5.18. The first-order valence-electron chi connectivity index (χ1n) is 7.23. The van der Waals surface area contributed by atoms with Gasteiger partial charge in [-0.05, 0) is 12.1 Å². The van der Waals surface area contributed by atoms with Gasteiger partial charge in [0.2, 0.25) is 11.7 Å². The van der Waals surface area contributed by atoms with Crippen molar-refractivity contribution in [3.05, 3.63) is 89.7 Å². The number of cyclic esters (lactones) is 1. The fraction of sp³-hybridized carbons (Fsp3) is 0.0556. The first-order chi connectivity index (χ1) is 11.3. The van der Waals surface area contributed by atoms with Gasteiger partial charge in [0.1, 0.15) is 0 Å². The zero-order valence-corrected chi connectivity index (χ0v) is 12.1. The van der Waals surface area contributed by atoms with Crippen LogP contribution in [0.5, 0.6) is 0 Å². The van der Waals surface area contributed by atoms with E-state index in [-0.39, 0.29) is 5.97 Å². The summed E-state index contributed by atoms with van der Waals surface area (Å²) in [6, 6.07) is 18.6. The molecule has 0 saturated heterocycles. The lowest BCUT2D eigenvalue weighted by Gasteiger charge is -2.30. The van der Waals surface area contributed by atoms with Crippen molar-refractivity contribution in [2.75, 3.05) is 5.32 Å². The Morgan fingerprint density at radius 3 is 2.35 bits per heavy atom. The largest absolute Gasteiger partial charge is 0.426 e. The smallest absolute Gasteiger partial charge is 0.341 e. The number of rotatable bonds is 3. The molecule has 1 aliphatic rings. The standard InChI is InChI=1S/C18H13N3O2/c22-16-14-9-4-5-10-15(14)18(23-16,13-7-2-1-3-8-13)21-17-19-11-6-12-20-17/h1-12H,(H,19,20,21)/t18-/m1/s1. The minimum atomic E-state index is -1.13. The summed E-state index contributed by atoms with van der Waals surface area (Å²) in [7, 11) is 0. The SMILES string of the molecule is O=C1O[C@](Nc2ncccn2)(c2ccccc2)c2ccccc21. The lowest BCUT2D eigenvalue weighted by atomic mass is 9.93. The monoisotopic (exact) mass is 303 g/mol. The van der Waals surface area contributed by atoms with Gasteiger partial charge in [-0.3, -0.25) is 0 Å². The van der Waals surface area contributed by atoms with Crippen molar-refractivity contribution in [3.8, 4) is 0 Å². The quantitative estimate of drug-likeness (QED) is 0.754. The number of ether oxygens (including phenoxy) is 1. The third-order valence-corrected chi connectivity index (χ3v) is 3.81. The van der Waals surface area contributed by atoms with Gasteiger partial charge in [-0.15, -0.1) is 0 Å². The van der Waals surface area contributed by atoms with E-state index < -0.39 is 5.72 Å². The minimum Gasteiger partial charge on any atom is -0.426 e. The average molecular weight is 303 g/mol. The number of aromatic nitrogens is 2. The van der Waals surface area contributed by atoms with Crippen molar-refractivity contribution < 1.29 is 9.53 Å². The number of nitrogens with one attached hydrogen (secondary N) is 1. The number of esters is 1. The summed E-state index contributed by atoms with van der Waals surface area (Å²) in [6.07, 6.45) is 3.27. The fourth-order valence-electron chi connectivity index (χ4n) is 2.79. The highest BCUT2D eigenvalue weighted by atomic mass is 16.6. The molecule has 0 unspecified atom stereocenters. The normalized spacial score (nSPS) is 19.0. The van der Waals surface area contributed by atoms with Crippen LogP contribution in [-0.2, 0) is 10.5 Å². The fourth-order valence-corrected chi connectivity index (χ4v) is 2.79. The third-order valence-electron chi connectivity index (χ3n) is 3.81. The molecular formula is C18H13N3O2. The number of nitrogens with zero attached hydrogens (tertiary/aromatic N) is 2. The topological polar surface area (TPSA) is 64.1 Å². The van der Waals surface area contributed by atoms with Gasteiger partial charge in [-0.2, -0.15) is 0 Å². The van der Waals surface area contributed by atoms with Gasteiger partial charge in [-0.1, -0.05) is 48.5 Å². The van der Waals surface area contributed by atoms with Crippen LogP contribution in [0.25, 0.3) is 0 Å². The summed E-state index contributed by atoms with van der Waals surface area (Å²) in [5, 5.41) is 3.19. The summed E-state index contributed by atoms with van der Waals surface area (Å²) < 4.78 is 5.78. The molecule has 1 atom stereocenters. The Labute approximate surface area is 133 Å². The minimum absolute atomic E-state index is 0.368. The molecule has 23 heavy (non-hydrogen) atoms. The summed E-state index contributed by atoms with van der Waals surface area (Å²) in [5.41, 5.74) is 0.977. The van der Waals surface area contributed by atoms with Crippen molar-refractivity contribution in [2.24, 2.45) is 0 Å². The molecule has 1 aliphatic heterocycles. The predicted molar refractivity (Wildman–Crippen MR) is 84.7 cm³/mol. The molecule has 112 valence electrons. The summed E-state index contributed by atoms with van der Waals surface area (Å²) >= 11 is 0. The number of hydrogen-bond donors (Lipinski definition) is 1. The lowest BCUT2D eigenvalue weighted by Crippen LogP contribution is -2.37. The van der Waals surface area contributed by atoms with Crippen LogP contribution in [0.15, 0.2) is 73.1 Å². The average Bonchev–Trinajstić information content (AvgIpc) is 2.90. The lowest BCUT2D eigenvalue weighted by molar-refractivity contribution is 0.0210. The second kappa shape index (κ2) is 5.21. The van der Waals surface area contributed by atoms with E-state index in [0.29, 0.717) is 11.5 Å². The molecule has 3 aromatic rings. The van der Waals surface area contributed by atoms with E-state index in [1.165, 1.54) is 0 Å². The van der Waals surface area contributed by atoms with E-state index in [4.69, 9.17) is 4.74 Å². The van der Waals surface area contributed by atoms with Crippen molar-refractivity contribution >= 4 is 11.9 Å². The van der Waals surface area contributed by atoms with E-state index in [9.17, 15) is 4.79 Å². The molecule has 0 saturated carbocycles. The molecule has 4 rings (SSSR count). The van der Waals surface area contributed by atoms with Gasteiger partial charge in [-0.25, -0.2) is 14.8 Å². The number of benzene rings is 2. The van der Waals surface area contributed by atoms with Crippen LogP contribution in [0.2, 0.25) is 0 Å². The van der Waals surface area contributed by atoms with Crippen LogP contribution in [0.1, 0.15) is 21.5 Å². The molecule has 1 aromatic heterocycles. The molecule has 0 bridgehead atoms. The molecule has 5 heteroatoms. The Kier molecular flexibility index (Phi) is 3.05. The summed E-state index contributed by atoms with van der Waals surface area (Å²) in [4.78, 5) is 20.7. The Morgan fingerprint density at radius 1 is 0.870 bits per heavy atom. The van der Waals surface area contributed by atoms with Crippen LogP contribution in [0.3, 0.4) is 0 Å². The Bertz CT molecular complexity index is 852. The van der Waals surface area contributed by atoms with E-state index in [2.05, 4.69) is 15.3 Å². The first-order valence-corrected chi connectivity index (χ1v) is 7.23. The molecule has 0 aliphatic carbocycles. The Morgan fingerprint density at radius 2 is 1.57 bits per heavy atom. The maximum Gasteiger partial charge on any atom is 0.341 e. The van der Waals surface area contributed by atoms with E-state index >= 15 is 0 Å². The third kappa shape index (κ3) is 2.14. The molecule has 2 heterocycles. The van der Waals surface area contributed by atoms with Crippen LogP contribution in [0, 0.1) is 0 Å². The molecule has 0 radical (unpaired) electrons. The molecule has 0 spiro atoms. The van der Waals surface area contributed by atoms with E-state index in [1.54, 1.807) is 24.5 Å². The van der Waals surface area contributed by atoms with Crippen LogP contribution in [-0.4, -0.2) is 15.9 Å². The highest BCUT2D eigenvalue weighted by molar-refractivity contribution is 5.95. The second-order valence-corrected chi connectivity index (χ2v) is 5.18. The van der Waals surface area contributed by atoms with Gasteiger partial charge in [0.15, 0.2) is 0 Å². The summed E-state index contributed by atoms with van der Waals surface area (Å²) in [5.74, 6) is 0.0220. The van der Waals surface area contributed by atoms with Crippen molar-refractivity contribution in [1.29, 1.82) is 0 Å². The van der Waals surface area contributed by atoms with Gasteiger partial charge < -0.3 is 10.1 Å². The van der Waals surface area contributed by atoms with Gasteiger partial charge in [0, 0.05) is 23.5 Å². The van der Waals surface area contributed by atoms with Gasteiger partial charge in [0.25, 0.3) is 0 Å². The van der Waals surface area contributed by atoms with E-state index in [0.717, 1.165) is 11.1 Å². The molecule has 1 N–H and O–H groups in total. The number of fused-ring (bicyclic) bond motifs is 1. The number of carbonyl (C=O) groups excluding carboxylic acids is 1. The first kappa shape index (κ1) is 13.5. The molecular weight excluding hydrogens is 290 g/mol. The Balaban J connectivity index is 1.92. The molecule has 2 aromatic carbocycles. The zero-order valence-electron chi connectivity index (χ0n) is 12.1. The summed E-state index contributed by atoms with van der Waals surface area (Å²) in [6.45, 7) is 0. The van der Waals surface area contributed by atoms with Gasteiger partial charge >= 0.3 is 5.97 Å².